The van der Waals surface area contributed by atoms with Gasteiger partial charge in [0.15, 0.2) is 0 Å². The van der Waals surface area contributed by atoms with Crippen molar-refractivity contribution < 1.29 is 57.1 Å². The van der Waals surface area contributed by atoms with Crippen LogP contribution < -0.4 is 4.74 Å². The largest absolute Gasteiger partial charge is 0.491 e. The average molecular weight is 771 g/mol. The number of ether oxygens (including phenoxy) is 10. The fourth-order valence-electron chi connectivity index (χ4n) is 5.52. The van der Waals surface area contributed by atoms with E-state index in [0.29, 0.717) is 131 Å². The van der Waals surface area contributed by atoms with E-state index in [4.69, 9.17) is 47.4 Å². The molecule has 1 aliphatic carbocycles. The molecule has 1 aliphatic rings. The number of carbonyl (C=O) groups is 1. The third-order valence-electron chi connectivity index (χ3n) is 8.37. The van der Waals surface area contributed by atoms with Gasteiger partial charge >= 0.3 is 6.09 Å². The molecule has 0 aliphatic heterocycles. The van der Waals surface area contributed by atoms with Crippen LogP contribution in [-0.4, -0.2) is 148 Å². The highest BCUT2D eigenvalue weighted by Crippen LogP contribution is 2.44. The fraction of sp³-hybridized carbons (Fsp3) is 0.525. The number of hydrogen-bond donors (Lipinski definition) is 0. The van der Waals surface area contributed by atoms with Crippen molar-refractivity contribution >= 4 is 11.8 Å². The smallest absolute Gasteiger partial charge is 0.409 e. The number of nitrogens with zero attached hydrogens (tertiary/aromatic N) is 2. The molecule has 3 aromatic rings. The molecule has 3 aromatic carbocycles. The highest BCUT2D eigenvalue weighted by molar-refractivity contribution is 5.79. The van der Waals surface area contributed by atoms with Gasteiger partial charge in [0.05, 0.1) is 111 Å². The van der Waals surface area contributed by atoms with Gasteiger partial charge in [0.2, 0.25) is 0 Å². The Morgan fingerprint density at radius 2 is 0.945 bits per heavy atom. The van der Waals surface area contributed by atoms with Crippen LogP contribution in [0.3, 0.4) is 0 Å². The molecule has 0 unspecified atom stereocenters. The number of non-ortho nitro benzene ring substituents is 1. The second-order valence-electron chi connectivity index (χ2n) is 12.2. The second-order valence-corrected chi connectivity index (χ2v) is 12.2. The lowest BCUT2D eigenvalue weighted by Crippen LogP contribution is -2.32. The molecule has 0 bridgehead atoms. The summed E-state index contributed by atoms with van der Waals surface area (Å²) in [6, 6.07) is 22.4. The first-order chi connectivity index (χ1) is 27.0. The Balaban J connectivity index is 0.824. The van der Waals surface area contributed by atoms with Crippen molar-refractivity contribution in [3.8, 4) is 16.9 Å². The number of hydrogen-bond acceptors (Lipinski definition) is 13. The maximum Gasteiger partial charge on any atom is 0.409 e. The molecule has 0 fully saturated rings. The lowest BCUT2D eigenvalue weighted by Gasteiger charge is -2.19. The van der Waals surface area contributed by atoms with Crippen LogP contribution in [0.1, 0.15) is 17.0 Å². The zero-order valence-corrected chi connectivity index (χ0v) is 31.6. The summed E-state index contributed by atoms with van der Waals surface area (Å²) in [5.41, 5.74) is 4.80. The van der Waals surface area contributed by atoms with Gasteiger partial charge in [-0.1, -0.05) is 48.5 Å². The van der Waals surface area contributed by atoms with E-state index in [0.717, 1.165) is 0 Å². The summed E-state index contributed by atoms with van der Waals surface area (Å²) in [5.74, 6) is 0.584. The van der Waals surface area contributed by atoms with Crippen LogP contribution in [0.5, 0.6) is 5.75 Å². The van der Waals surface area contributed by atoms with Crippen molar-refractivity contribution in [1.82, 2.24) is 4.90 Å². The highest BCUT2D eigenvalue weighted by atomic mass is 16.6. The van der Waals surface area contributed by atoms with E-state index in [1.807, 2.05) is 24.3 Å². The molecule has 0 atom stereocenters. The molecule has 0 N–H and O–H groups in total. The molecule has 0 saturated heterocycles. The van der Waals surface area contributed by atoms with Crippen LogP contribution in [0.25, 0.3) is 11.1 Å². The number of rotatable bonds is 31. The molecule has 15 nitrogen and oxygen atoms in total. The minimum atomic E-state index is -0.453. The molecular formula is C40H54N2O13. The van der Waals surface area contributed by atoms with Crippen molar-refractivity contribution in [1.29, 1.82) is 0 Å². The molecule has 0 radical (unpaired) electrons. The Labute approximate surface area is 322 Å². The van der Waals surface area contributed by atoms with E-state index >= 15 is 0 Å². The third kappa shape index (κ3) is 16.6. The van der Waals surface area contributed by atoms with Gasteiger partial charge in [0.25, 0.3) is 5.69 Å². The van der Waals surface area contributed by atoms with Crippen LogP contribution in [0, 0.1) is 10.1 Å². The van der Waals surface area contributed by atoms with Crippen molar-refractivity contribution in [2.75, 3.05) is 133 Å². The Hall–Kier alpha value is -4.19. The number of nitro groups is 1. The first kappa shape index (κ1) is 43.5. The van der Waals surface area contributed by atoms with Gasteiger partial charge < -0.3 is 52.3 Å². The predicted octanol–water partition coefficient (Wildman–Crippen LogP) is 4.99. The van der Waals surface area contributed by atoms with Crippen LogP contribution >= 0.6 is 0 Å². The Bertz CT molecular complexity index is 1460. The number of nitro benzene ring substituents is 1. The summed E-state index contributed by atoms with van der Waals surface area (Å²) in [6.45, 7) is 8.16. The predicted molar refractivity (Wildman–Crippen MR) is 203 cm³/mol. The SMILES string of the molecule is CN(CCOCCOCCOCCOCCOCCOCCOCCOCCOc1ccc([N+](=O)[O-])cc1)C(=O)OCC1c2ccccc2-c2ccccc21. The van der Waals surface area contributed by atoms with Gasteiger partial charge in [-0.05, 0) is 34.4 Å². The summed E-state index contributed by atoms with van der Waals surface area (Å²) in [5, 5.41) is 10.7. The van der Waals surface area contributed by atoms with Crippen molar-refractivity contribution in [3.63, 3.8) is 0 Å². The van der Waals surface area contributed by atoms with Gasteiger partial charge in [-0.2, -0.15) is 0 Å². The second kappa shape index (κ2) is 26.6. The monoisotopic (exact) mass is 770 g/mol. The first-order valence-electron chi connectivity index (χ1n) is 18.6. The van der Waals surface area contributed by atoms with E-state index in [9.17, 15) is 14.9 Å². The average Bonchev–Trinajstić information content (AvgIpc) is 3.53. The van der Waals surface area contributed by atoms with Gasteiger partial charge in [-0.25, -0.2) is 4.79 Å². The zero-order valence-electron chi connectivity index (χ0n) is 31.6. The molecule has 1 amide bonds. The third-order valence-corrected chi connectivity index (χ3v) is 8.37. The normalized spacial score (nSPS) is 12.0. The first-order valence-corrected chi connectivity index (χ1v) is 18.6. The topological polar surface area (TPSA) is 156 Å². The van der Waals surface area contributed by atoms with Crippen LogP contribution in [0.2, 0.25) is 0 Å². The minimum absolute atomic E-state index is 0.0218. The summed E-state index contributed by atoms with van der Waals surface area (Å²) in [4.78, 5) is 24.3. The summed E-state index contributed by atoms with van der Waals surface area (Å²) in [6.07, 6.45) is -0.371. The molecule has 0 spiro atoms. The molecule has 0 heterocycles. The molecule has 4 rings (SSSR count). The van der Waals surface area contributed by atoms with Gasteiger partial charge in [-0.3, -0.25) is 10.1 Å². The quantitative estimate of drug-likeness (QED) is 0.0491. The molecule has 55 heavy (non-hydrogen) atoms. The maximum absolute atomic E-state index is 12.6. The Morgan fingerprint density at radius 1 is 0.564 bits per heavy atom. The van der Waals surface area contributed by atoms with Crippen molar-refractivity contribution in [2.24, 2.45) is 0 Å². The number of carbonyl (C=O) groups excluding carboxylic acids is 1. The van der Waals surface area contributed by atoms with Gasteiger partial charge in [0.1, 0.15) is 19.0 Å². The Morgan fingerprint density at radius 3 is 1.36 bits per heavy atom. The summed E-state index contributed by atoms with van der Waals surface area (Å²) >= 11 is 0. The number of benzene rings is 3. The minimum Gasteiger partial charge on any atom is -0.491 e. The maximum atomic E-state index is 12.6. The molecule has 302 valence electrons. The Kier molecular flexibility index (Phi) is 21.0. The van der Waals surface area contributed by atoms with Crippen molar-refractivity contribution in [2.45, 2.75) is 5.92 Å². The lowest BCUT2D eigenvalue weighted by atomic mass is 9.98. The van der Waals surface area contributed by atoms with E-state index in [-0.39, 0.29) is 17.7 Å². The summed E-state index contributed by atoms with van der Waals surface area (Å²) < 4.78 is 55.2. The molecule has 15 heteroatoms. The van der Waals surface area contributed by atoms with Crippen LogP contribution in [0.4, 0.5) is 10.5 Å². The van der Waals surface area contributed by atoms with E-state index < -0.39 is 4.92 Å². The lowest BCUT2D eigenvalue weighted by molar-refractivity contribution is -0.384. The fourth-order valence-corrected chi connectivity index (χ4v) is 5.52. The highest BCUT2D eigenvalue weighted by Gasteiger charge is 2.29. The standard InChI is InChI=1S/C40H54N2O13/c1-41(40(43)55-32-39-37-8-4-2-6-35(37)36-7-3-5-9-38(36)39)14-15-46-16-17-47-18-19-48-20-21-49-22-23-50-24-25-51-26-27-52-28-29-53-30-31-54-34-12-10-33(11-13-34)42(44)45/h2-13,39H,14-32H2,1H3. The van der Waals surface area contributed by atoms with E-state index in [1.165, 1.54) is 39.3 Å². The van der Waals surface area contributed by atoms with E-state index in [2.05, 4.69) is 24.3 Å². The zero-order chi connectivity index (χ0) is 38.8. The molecule has 0 saturated carbocycles. The number of amides is 1. The summed E-state index contributed by atoms with van der Waals surface area (Å²) in [7, 11) is 1.71. The van der Waals surface area contributed by atoms with Crippen molar-refractivity contribution in [3.05, 3.63) is 94.0 Å². The molecule has 0 aromatic heterocycles. The molecular weight excluding hydrogens is 716 g/mol. The van der Waals surface area contributed by atoms with Crippen LogP contribution in [0.15, 0.2) is 72.8 Å². The van der Waals surface area contributed by atoms with Gasteiger partial charge in [-0.15, -0.1) is 0 Å². The number of fused-ring (bicyclic) bond motifs is 3. The van der Waals surface area contributed by atoms with Gasteiger partial charge in [0, 0.05) is 31.6 Å². The van der Waals surface area contributed by atoms with E-state index in [1.54, 1.807) is 19.2 Å². The van der Waals surface area contributed by atoms with Crippen LogP contribution in [-0.2, 0) is 42.6 Å². The number of likely N-dealkylation sites (N-methyl/N-ethyl adjacent to an activating group) is 1.